The summed E-state index contributed by atoms with van der Waals surface area (Å²) in [6.45, 7) is 7.92. The number of carbonyl (C=O) groups excluding carboxylic acids is 1. The molecule has 0 heterocycles. The van der Waals surface area contributed by atoms with E-state index in [9.17, 15) is 4.79 Å². The Morgan fingerprint density at radius 3 is 2.31 bits per heavy atom. The number of hydrogen-bond donors (Lipinski definition) is 1. The van der Waals surface area contributed by atoms with Gasteiger partial charge in [-0.25, -0.2) is 0 Å². The highest BCUT2D eigenvalue weighted by atomic mass is 16.5. The Balaban J connectivity index is 3.85. The van der Waals surface area contributed by atoms with Gasteiger partial charge in [0.1, 0.15) is 12.1 Å². The molecular weight excluding hydrogens is 166 g/mol. The molecule has 1 unspecified atom stereocenters. The van der Waals surface area contributed by atoms with Crippen LogP contribution < -0.4 is 5.73 Å². The average Bonchev–Trinajstić information content (AvgIpc) is 2.04. The van der Waals surface area contributed by atoms with Gasteiger partial charge >= 0.3 is 5.97 Å². The standard InChI is InChI=1S/C10H21NO2/c1-5-6-9(11)10(12)13-8(4)7(2)3/h7-9H,5-6,11H2,1-4H3/t8?,9-/m0/s1. The summed E-state index contributed by atoms with van der Waals surface area (Å²) in [6, 6.07) is -0.453. The number of carbonyl (C=O) groups is 1. The second-order valence-corrected chi connectivity index (χ2v) is 3.78. The second kappa shape index (κ2) is 5.97. The van der Waals surface area contributed by atoms with Crippen molar-refractivity contribution in [1.82, 2.24) is 0 Å². The van der Waals surface area contributed by atoms with Crippen molar-refractivity contribution < 1.29 is 9.53 Å². The zero-order chi connectivity index (χ0) is 10.4. The molecule has 3 nitrogen and oxygen atoms in total. The van der Waals surface area contributed by atoms with Crippen LogP contribution in [0.4, 0.5) is 0 Å². The average molecular weight is 187 g/mol. The van der Waals surface area contributed by atoms with E-state index in [1.807, 2.05) is 27.7 Å². The van der Waals surface area contributed by atoms with Crippen molar-refractivity contribution in [1.29, 1.82) is 0 Å². The SMILES string of the molecule is CCC[C@H](N)C(=O)OC(C)C(C)C. The van der Waals surface area contributed by atoms with E-state index in [4.69, 9.17) is 10.5 Å². The molecule has 0 rings (SSSR count). The molecule has 0 aliphatic rings. The summed E-state index contributed by atoms with van der Waals surface area (Å²) in [7, 11) is 0. The van der Waals surface area contributed by atoms with Crippen molar-refractivity contribution in [2.75, 3.05) is 0 Å². The highest BCUT2D eigenvalue weighted by molar-refractivity contribution is 5.75. The van der Waals surface area contributed by atoms with Crippen LogP contribution in [0.5, 0.6) is 0 Å². The molecule has 2 atom stereocenters. The van der Waals surface area contributed by atoms with Crippen molar-refractivity contribution >= 4 is 5.97 Å². The van der Waals surface area contributed by atoms with Crippen LogP contribution in [0, 0.1) is 5.92 Å². The molecule has 0 saturated carbocycles. The summed E-state index contributed by atoms with van der Waals surface area (Å²) >= 11 is 0. The Morgan fingerprint density at radius 1 is 1.38 bits per heavy atom. The van der Waals surface area contributed by atoms with Gasteiger partial charge in [0.15, 0.2) is 0 Å². The zero-order valence-corrected chi connectivity index (χ0v) is 9.04. The normalized spacial score (nSPS) is 15.5. The molecule has 0 bridgehead atoms. The second-order valence-electron chi connectivity index (χ2n) is 3.78. The number of esters is 1. The first-order valence-corrected chi connectivity index (χ1v) is 4.95. The van der Waals surface area contributed by atoms with Gasteiger partial charge in [0.25, 0.3) is 0 Å². The Labute approximate surface area is 80.6 Å². The Bertz CT molecular complexity index is 157. The fraction of sp³-hybridized carbons (Fsp3) is 0.900. The lowest BCUT2D eigenvalue weighted by Gasteiger charge is -2.19. The molecule has 0 aromatic carbocycles. The highest BCUT2D eigenvalue weighted by Gasteiger charge is 2.18. The summed E-state index contributed by atoms with van der Waals surface area (Å²) in [5.41, 5.74) is 5.60. The third-order valence-corrected chi connectivity index (χ3v) is 2.14. The van der Waals surface area contributed by atoms with E-state index < -0.39 is 6.04 Å². The van der Waals surface area contributed by atoms with Crippen LogP contribution in [0.2, 0.25) is 0 Å². The smallest absolute Gasteiger partial charge is 0.323 e. The molecule has 0 saturated heterocycles. The Kier molecular flexibility index (Phi) is 5.71. The van der Waals surface area contributed by atoms with Crippen LogP contribution in [0.25, 0.3) is 0 Å². The van der Waals surface area contributed by atoms with Gasteiger partial charge < -0.3 is 10.5 Å². The molecule has 0 fully saturated rings. The maximum atomic E-state index is 11.3. The predicted molar refractivity (Wildman–Crippen MR) is 53.3 cm³/mol. The van der Waals surface area contributed by atoms with Crippen LogP contribution >= 0.6 is 0 Å². The third-order valence-electron chi connectivity index (χ3n) is 2.14. The summed E-state index contributed by atoms with van der Waals surface area (Å²) in [5.74, 6) is 0.0702. The van der Waals surface area contributed by atoms with Crippen molar-refractivity contribution in [3.8, 4) is 0 Å². The van der Waals surface area contributed by atoms with E-state index in [1.165, 1.54) is 0 Å². The molecule has 0 radical (unpaired) electrons. The molecule has 0 spiro atoms. The van der Waals surface area contributed by atoms with Crippen molar-refractivity contribution in [3.63, 3.8) is 0 Å². The highest BCUT2D eigenvalue weighted by Crippen LogP contribution is 2.07. The molecule has 0 aromatic heterocycles. The van der Waals surface area contributed by atoms with Crippen LogP contribution in [0.15, 0.2) is 0 Å². The van der Waals surface area contributed by atoms with Crippen LogP contribution in [-0.2, 0) is 9.53 Å². The molecule has 78 valence electrons. The lowest BCUT2D eigenvalue weighted by atomic mass is 10.1. The van der Waals surface area contributed by atoms with Crippen molar-refractivity contribution in [3.05, 3.63) is 0 Å². The first-order valence-electron chi connectivity index (χ1n) is 4.95. The van der Waals surface area contributed by atoms with E-state index in [2.05, 4.69) is 0 Å². The number of ether oxygens (including phenoxy) is 1. The monoisotopic (exact) mass is 187 g/mol. The summed E-state index contributed by atoms with van der Waals surface area (Å²) in [4.78, 5) is 11.3. The van der Waals surface area contributed by atoms with Crippen LogP contribution in [-0.4, -0.2) is 18.1 Å². The Morgan fingerprint density at radius 2 is 1.92 bits per heavy atom. The van der Waals surface area contributed by atoms with Gasteiger partial charge in [-0.2, -0.15) is 0 Å². The van der Waals surface area contributed by atoms with E-state index >= 15 is 0 Å². The molecule has 2 N–H and O–H groups in total. The topological polar surface area (TPSA) is 52.3 Å². The summed E-state index contributed by atoms with van der Waals surface area (Å²) < 4.78 is 5.16. The molecule has 0 aliphatic carbocycles. The van der Waals surface area contributed by atoms with Crippen LogP contribution in [0.3, 0.4) is 0 Å². The maximum absolute atomic E-state index is 11.3. The fourth-order valence-corrected chi connectivity index (χ4v) is 0.836. The summed E-state index contributed by atoms with van der Waals surface area (Å²) in [5, 5.41) is 0. The Hall–Kier alpha value is -0.570. The number of hydrogen-bond acceptors (Lipinski definition) is 3. The van der Waals surface area contributed by atoms with Gasteiger partial charge in [-0.15, -0.1) is 0 Å². The van der Waals surface area contributed by atoms with Crippen molar-refractivity contribution in [2.45, 2.75) is 52.7 Å². The molecule has 0 aromatic rings. The minimum atomic E-state index is -0.453. The number of rotatable bonds is 5. The number of nitrogens with two attached hydrogens (primary N) is 1. The third kappa shape index (κ3) is 4.88. The largest absolute Gasteiger partial charge is 0.461 e. The van der Waals surface area contributed by atoms with E-state index in [0.29, 0.717) is 12.3 Å². The lowest BCUT2D eigenvalue weighted by molar-refractivity contribution is -0.152. The first-order chi connectivity index (χ1) is 5.99. The van der Waals surface area contributed by atoms with E-state index in [0.717, 1.165) is 6.42 Å². The molecule has 0 aliphatic heterocycles. The summed E-state index contributed by atoms with van der Waals surface area (Å²) in [6.07, 6.45) is 1.56. The lowest BCUT2D eigenvalue weighted by Crippen LogP contribution is -2.35. The minimum absolute atomic E-state index is 0.0459. The first kappa shape index (κ1) is 12.4. The van der Waals surface area contributed by atoms with E-state index in [1.54, 1.807) is 0 Å². The molecule has 3 heteroatoms. The quantitative estimate of drug-likeness (QED) is 0.666. The minimum Gasteiger partial charge on any atom is -0.461 e. The van der Waals surface area contributed by atoms with Gasteiger partial charge in [0.2, 0.25) is 0 Å². The van der Waals surface area contributed by atoms with Gasteiger partial charge in [-0.05, 0) is 19.3 Å². The van der Waals surface area contributed by atoms with Gasteiger partial charge in [0.05, 0.1) is 0 Å². The zero-order valence-electron chi connectivity index (χ0n) is 9.04. The fourth-order valence-electron chi connectivity index (χ4n) is 0.836. The van der Waals surface area contributed by atoms with Gasteiger partial charge in [0, 0.05) is 0 Å². The van der Waals surface area contributed by atoms with Gasteiger partial charge in [-0.3, -0.25) is 4.79 Å². The predicted octanol–water partition coefficient (Wildman–Crippen LogP) is 1.70. The molecule has 13 heavy (non-hydrogen) atoms. The molecular formula is C10H21NO2. The molecule has 0 amide bonds. The van der Waals surface area contributed by atoms with E-state index in [-0.39, 0.29) is 12.1 Å². The van der Waals surface area contributed by atoms with Gasteiger partial charge in [-0.1, -0.05) is 27.2 Å². The van der Waals surface area contributed by atoms with Crippen molar-refractivity contribution in [2.24, 2.45) is 11.7 Å². The van der Waals surface area contributed by atoms with Crippen LogP contribution in [0.1, 0.15) is 40.5 Å². The maximum Gasteiger partial charge on any atom is 0.323 e.